The molecular formula is C13H14O6. The van der Waals surface area contributed by atoms with Crippen LogP contribution in [0.25, 0.3) is 0 Å². The Morgan fingerprint density at radius 3 is 2.95 bits per heavy atom. The topological polar surface area (TPSA) is 85.2 Å². The normalized spacial score (nSPS) is 33.1. The largest absolute Gasteiger partial charge is 0.504 e. The second-order valence-electron chi connectivity index (χ2n) is 4.74. The molecule has 102 valence electrons. The summed E-state index contributed by atoms with van der Waals surface area (Å²) in [6, 6.07) is 4.46. The van der Waals surface area contributed by atoms with Gasteiger partial charge in [-0.05, 0) is 18.2 Å². The van der Waals surface area contributed by atoms with E-state index in [0.717, 1.165) is 0 Å². The summed E-state index contributed by atoms with van der Waals surface area (Å²) in [5.41, 5.74) is 0.438. The van der Waals surface area contributed by atoms with Crippen LogP contribution < -0.4 is 4.74 Å². The van der Waals surface area contributed by atoms with E-state index >= 15 is 0 Å². The molecule has 1 aromatic rings. The van der Waals surface area contributed by atoms with Crippen LogP contribution >= 0.6 is 0 Å². The number of methoxy groups -OCH3 is 1. The number of rotatable bonds is 2. The number of aliphatic hydroxyl groups is 1. The molecule has 6 heteroatoms. The molecule has 0 radical (unpaired) electrons. The van der Waals surface area contributed by atoms with Crippen LogP contribution in [0.3, 0.4) is 0 Å². The molecule has 2 aliphatic rings. The molecule has 2 aliphatic heterocycles. The maximum atomic E-state index is 11.5. The number of phenols is 1. The lowest BCUT2D eigenvalue weighted by Crippen LogP contribution is -2.34. The summed E-state index contributed by atoms with van der Waals surface area (Å²) >= 11 is 0. The van der Waals surface area contributed by atoms with Gasteiger partial charge in [-0.1, -0.05) is 0 Å². The van der Waals surface area contributed by atoms with Crippen LogP contribution in [0.4, 0.5) is 0 Å². The summed E-state index contributed by atoms with van der Waals surface area (Å²) in [6.07, 6.45) is 0. The van der Waals surface area contributed by atoms with Crippen molar-refractivity contribution in [1.29, 1.82) is 0 Å². The van der Waals surface area contributed by atoms with Gasteiger partial charge in [0.15, 0.2) is 17.3 Å². The molecule has 3 unspecified atom stereocenters. The predicted octanol–water partition coefficient (Wildman–Crippen LogP) is 0.365. The number of carbonyl (C=O) groups is 1. The summed E-state index contributed by atoms with van der Waals surface area (Å²) in [5.74, 6) is -2.59. The molecule has 0 bridgehead atoms. The lowest BCUT2D eigenvalue weighted by molar-refractivity contribution is -0.208. The van der Waals surface area contributed by atoms with Gasteiger partial charge in [0, 0.05) is 5.56 Å². The summed E-state index contributed by atoms with van der Waals surface area (Å²) in [6.45, 7) is 0.256. The molecule has 3 rings (SSSR count). The Hall–Kier alpha value is -1.79. The molecule has 19 heavy (non-hydrogen) atoms. The zero-order chi connectivity index (χ0) is 13.6. The average molecular weight is 266 g/mol. The van der Waals surface area contributed by atoms with Gasteiger partial charge in [0.05, 0.1) is 25.6 Å². The quantitative estimate of drug-likeness (QED) is 0.752. The monoisotopic (exact) mass is 266 g/mol. The summed E-state index contributed by atoms with van der Waals surface area (Å²) in [4.78, 5) is 11.5. The molecule has 0 aromatic heterocycles. The summed E-state index contributed by atoms with van der Waals surface area (Å²) in [5, 5.41) is 20.2. The van der Waals surface area contributed by atoms with Gasteiger partial charge in [-0.15, -0.1) is 0 Å². The lowest BCUT2D eigenvalue weighted by atomic mass is 9.87. The maximum Gasteiger partial charge on any atom is 0.311 e. The van der Waals surface area contributed by atoms with E-state index in [2.05, 4.69) is 0 Å². The number of hydrogen-bond acceptors (Lipinski definition) is 6. The minimum atomic E-state index is -1.59. The number of aromatic hydroxyl groups is 1. The van der Waals surface area contributed by atoms with Gasteiger partial charge >= 0.3 is 5.97 Å². The summed E-state index contributed by atoms with van der Waals surface area (Å²) in [7, 11) is 1.42. The first-order valence-corrected chi connectivity index (χ1v) is 5.96. The Bertz CT molecular complexity index is 528. The first-order valence-electron chi connectivity index (χ1n) is 5.96. The fraction of sp³-hybridized carbons (Fsp3) is 0.462. The molecule has 6 nitrogen and oxygen atoms in total. The third kappa shape index (κ3) is 1.67. The number of cyclic esters (lactones) is 1. The van der Waals surface area contributed by atoms with Crippen LogP contribution in [-0.2, 0) is 20.1 Å². The fourth-order valence-corrected chi connectivity index (χ4v) is 2.65. The fourth-order valence-electron chi connectivity index (χ4n) is 2.65. The van der Waals surface area contributed by atoms with Crippen molar-refractivity contribution in [2.24, 2.45) is 11.8 Å². The van der Waals surface area contributed by atoms with Crippen LogP contribution in [0.5, 0.6) is 11.5 Å². The minimum Gasteiger partial charge on any atom is -0.504 e. The van der Waals surface area contributed by atoms with Crippen LogP contribution in [0.1, 0.15) is 5.56 Å². The zero-order valence-corrected chi connectivity index (χ0v) is 10.3. The second kappa shape index (κ2) is 4.11. The molecule has 2 fully saturated rings. The molecule has 2 saturated heterocycles. The highest BCUT2D eigenvalue weighted by atomic mass is 16.6. The third-order valence-corrected chi connectivity index (χ3v) is 3.77. The van der Waals surface area contributed by atoms with Gasteiger partial charge < -0.3 is 24.4 Å². The molecule has 0 spiro atoms. The Labute approximate surface area is 109 Å². The van der Waals surface area contributed by atoms with E-state index in [0.29, 0.717) is 5.56 Å². The van der Waals surface area contributed by atoms with Gasteiger partial charge in [-0.25, -0.2) is 0 Å². The third-order valence-electron chi connectivity index (χ3n) is 3.77. The molecule has 1 aromatic carbocycles. The number of phenolic OH excluding ortho intramolecular Hbond substituents is 1. The molecule has 2 N–H and O–H groups in total. The van der Waals surface area contributed by atoms with Crippen molar-refractivity contribution in [3.8, 4) is 11.5 Å². The molecule has 0 aliphatic carbocycles. The lowest BCUT2D eigenvalue weighted by Gasteiger charge is -2.27. The van der Waals surface area contributed by atoms with Gasteiger partial charge in [0.2, 0.25) is 0 Å². The van der Waals surface area contributed by atoms with Gasteiger partial charge in [-0.2, -0.15) is 0 Å². The molecule has 0 saturated carbocycles. The number of ether oxygens (including phenoxy) is 3. The zero-order valence-electron chi connectivity index (χ0n) is 10.3. The smallest absolute Gasteiger partial charge is 0.311 e. The number of esters is 1. The Morgan fingerprint density at radius 1 is 1.42 bits per heavy atom. The van der Waals surface area contributed by atoms with Crippen molar-refractivity contribution < 1.29 is 29.2 Å². The van der Waals surface area contributed by atoms with Crippen LogP contribution in [0.2, 0.25) is 0 Å². The second-order valence-corrected chi connectivity index (χ2v) is 4.74. The predicted molar refractivity (Wildman–Crippen MR) is 62.4 cm³/mol. The molecular weight excluding hydrogens is 252 g/mol. The van der Waals surface area contributed by atoms with Crippen molar-refractivity contribution in [3.63, 3.8) is 0 Å². The Balaban J connectivity index is 1.99. The molecule has 3 atom stereocenters. The van der Waals surface area contributed by atoms with E-state index in [9.17, 15) is 15.0 Å². The van der Waals surface area contributed by atoms with E-state index in [4.69, 9.17) is 14.2 Å². The van der Waals surface area contributed by atoms with Crippen molar-refractivity contribution in [2.45, 2.75) is 5.79 Å². The average Bonchev–Trinajstić information content (AvgIpc) is 2.93. The van der Waals surface area contributed by atoms with Crippen LogP contribution in [0, 0.1) is 11.8 Å². The minimum absolute atomic E-state index is 0.0249. The van der Waals surface area contributed by atoms with Crippen molar-refractivity contribution >= 4 is 5.97 Å². The summed E-state index contributed by atoms with van der Waals surface area (Å²) < 4.78 is 15.4. The Kier molecular flexibility index (Phi) is 2.65. The number of fused-ring (bicyclic) bond motifs is 1. The first-order chi connectivity index (χ1) is 9.06. The van der Waals surface area contributed by atoms with E-state index in [-0.39, 0.29) is 30.7 Å². The van der Waals surface area contributed by atoms with Gasteiger partial charge in [0.1, 0.15) is 6.61 Å². The standard InChI is InChI=1S/C13H14O6/c1-17-11-4-7(2-3-10(11)14)13(16)9-6-18-12(15)8(9)5-19-13/h2-4,8-9,14,16H,5-6H2,1H3. The molecule has 0 amide bonds. The number of hydrogen-bond donors (Lipinski definition) is 2. The van der Waals surface area contributed by atoms with E-state index in [1.54, 1.807) is 6.07 Å². The van der Waals surface area contributed by atoms with Crippen LogP contribution in [0.15, 0.2) is 18.2 Å². The van der Waals surface area contributed by atoms with Crippen molar-refractivity contribution in [3.05, 3.63) is 23.8 Å². The van der Waals surface area contributed by atoms with Crippen molar-refractivity contribution in [2.75, 3.05) is 20.3 Å². The number of carbonyl (C=O) groups excluding carboxylic acids is 1. The maximum absolute atomic E-state index is 11.5. The highest BCUT2D eigenvalue weighted by Crippen LogP contribution is 2.47. The first kappa shape index (κ1) is 12.3. The highest BCUT2D eigenvalue weighted by molar-refractivity contribution is 5.75. The van der Waals surface area contributed by atoms with Gasteiger partial charge in [-0.3, -0.25) is 4.79 Å². The SMILES string of the molecule is COc1cc(C2(O)OCC3C(=O)OCC32)ccc1O. The van der Waals surface area contributed by atoms with E-state index in [1.807, 2.05) is 0 Å². The van der Waals surface area contributed by atoms with Crippen LogP contribution in [-0.4, -0.2) is 36.5 Å². The van der Waals surface area contributed by atoms with Crippen molar-refractivity contribution in [1.82, 2.24) is 0 Å². The molecule has 2 heterocycles. The Morgan fingerprint density at radius 2 is 2.21 bits per heavy atom. The van der Waals surface area contributed by atoms with Gasteiger partial charge in [0.25, 0.3) is 0 Å². The highest BCUT2D eigenvalue weighted by Gasteiger charge is 2.57. The van der Waals surface area contributed by atoms with E-state index < -0.39 is 17.6 Å². The number of benzene rings is 1. The van der Waals surface area contributed by atoms with E-state index in [1.165, 1.54) is 19.2 Å².